The highest BCUT2D eigenvalue weighted by Crippen LogP contribution is 2.09. The van der Waals surface area contributed by atoms with Crippen molar-refractivity contribution < 1.29 is 9.84 Å². The molecule has 0 saturated carbocycles. The molecule has 0 rings (SSSR count). The van der Waals surface area contributed by atoms with E-state index in [-0.39, 0.29) is 12.0 Å². The van der Waals surface area contributed by atoms with Crippen LogP contribution in [-0.4, -0.2) is 17.8 Å². The number of ether oxygens (including phenoxy) is 1. The molecule has 1 N–H and O–H groups in total. The molecular formula is C11H20O2. The predicted octanol–water partition coefficient (Wildman–Crippen LogP) is 2.50. The number of hydrogen-bond donors (Lipinski definition) is 1. The molecule has 0 amide bonds. The standard InChI is InChI=1S/C11H20O2/c1-5-11(12)9(3)7-8-10(4)13-6-2/h7-9,11-12H,4-6H2,1-3H3/b8-7+/t9-,11-/m1/s1. The highest BCUT2D eigenvalue weighted by atomic mass is 16.5. The van der Waals surface area contributed by atoms with Crippen LogP contribution in [0.1, 0.15) is 27.2 Å². The van der Waals surface area contributed by atoms with Gasteiger partial charge in [-0.15, -0.1) is 0 Å². The van der Waals surface area contributed by atoms with Crippen molar-refractivity contribution in [1.29, 1.82) is 0 Å². The van der Waals surface area contributed by atoms with Crippen LogP contribution >= 0.6 is 0 Å². The first kappa shape index (κ1) is 12.2. The maximum absolute atomic E-state index is 9.45. The normalized spacial score (nSPS) is 15.7. The molecule has 0 radical (unpaired) electrons. The smallest absolute Gasteiger partial charge is 0.111 e. The van der Waals surface area contributed by atoms with Crippen LogP contribution < -0.4 is 0 Å². The fourth-order valence-corrected chi connectivity index (χ4v) is 0.993. The number of rotatable bonds is 6. The molecule has 0 aromatic carbocycles. The Morgan fingerprint density at radius 3 is 2.62 bits per heavy atom. The van der Waals surface area contributed by atoms with Crippen molar-refractivity contribution in [2.75, 3.05) is 6.61 Å². The quantitative estimate of drug-likeness (QED) is 0.507. The Bertz CT molecular complexity index is 173. The second-order valence-corrected chi connectivity index (χ2v) is 3.09. The molecule has 0 aliphatic rings. The molecule has 0 spiro atoms. The molecule has 0 fully saturated rings. The topological polar surface area (TPSA) is 29.5 Å². The largest absolute Gasteiger partial charge is 0.495 e. The second-order valence-electron chi connectivity index (χ2n) is 3.09. The van der Waals surface area contributed by atoms with Gasteiger partial charge in [0.15, 0.2) is 0 Å². The summed E-state index contributed by atoms with van der Waals surface area (Å²) in [5, 5.41) is 9.45. The van der Waals surface area contributed by atoms with Gasteiger partial charge < -0.3 is 9.84 Å². The van der Waals surface area contributed by atoms with Crippen molar-refractivity contribution >= 4 is 0 Å². The van der Waals surface area contributed by atoms with E-state index in [4.69, 9.17) is 4.74 Å². The summed E-state index contributed by atoms with van der Waals surface area (Å²) < 4.78 is 5.14. The number of hydrogen-bond acceptors (Lipinski definition) is 2. The lowest BCUT2D eigenvalue weighted by Gasteiger charge is -2.12. The molecule has 2 heteroatoms. The Morgan fingerprint density at radius 2 is 2.15 bits per heavy atom. The van der Waals surface area contributed by atoms with Gasteiger partial charge in [0, 0.05) is 5.92 Å². The summed E-state index contributed by atoms with van der Waals surface area (Å²) >= 11 is 0. The zero-order chi connectivity index (χ0) is 10.3. The Morgan fingerprint density at radius 1 is 1.54 bits per heavy atom. The Hall–Kier alpha value is -0.760. The maximum atomic E-state index is 9.45. The number of aliphatic hydroxyl groups excluding tert-OH is 1. The summed E-state index contributed by atoms with van der Waals surface area (Å²) in [6.45, 7) is 10.2. The molecular weight excluding hydrogens is 164 g/mol. The molecule has 0 unspecified atom stereocenters. The van der Waals surface area contributed by atoms with Crippen LogP contribution in [0.2, 0.25) is 0 Å². The van der Waals surface area contributed by atoms with E-state index in [9.17, 15) is 5.11 Å². The van der Waals surface area contributed by atoms with Crippen molar-refractivity contribution in [3.8, 4) is 0 Å². The van der Waals surface area contributed by atoms with Crippen LogP contribution in [0.25, 0.3) is 0 Å². The van der Waals surface area contributed by atoms with E-state index in [0.29, 0.717) is 12.4 Å². The average molecular weight is 184 g/mol. The van der Waals surface area contributed by atoms with Crippen molar-refractivity contribution in [3.63, 3.8) is 0 Å². The lowest BCUT2D eigenvalue weighted by molar-refractivity contribution is 0.133. The first-order valence-corrected chi connectivity index (χ1v) is 4.79. The molecule has 0 aliphatic heterocycles. The molecule has 0 aromatic heterocycles. The van der Waals surface area contributed by atoms with Crippen LogP contribution in [-0.2, 0) is 4.74 Å². The predicted molar refractivity (Wildman–Crippen MR) is 55.4 cm³/mol. The van der Waals surface area contributed by atoms with Gasteiger partial charge in [-0.05, 0) is 19.4 Å². The lowest BCUT2D eigenvalue weighted by atomic mass is 10.0. The fourth-order valence-electron chi connectivity index (χ4n) is 0.993. The van der Waals surface area contributed by atoms with Gasteiger partial charge in [0.05, 0.1) is 12.7 Å². The average Bonchev–Trinajstić information content (AvgIpc) is 2.13. The molecule has 0 aromatic rings. The summed E-state index contributed by atoms with van der Waals surface area (Å²) in [5.74, 6) is 0.805. The zero-order valence-electron chi connectivity index (χ0n) is 8.79. The van der Waals surface area contributed by atoms with Crippen molar-refractivity contribution in [3.05, 3.63) is 24.5 Å². The van der Waals surface area contributed by atoms with E-state index in [1.807, 2.05) is 32.9 Å². The van der Waals surface area contributed by atoms with Crippen molar-refractivity contribution in [2.24, 2.45) is 5.92 Å². The first-order chi connectivity index (χ1) is 6.11. The Labute approximate surface area is 80.9 Å². The van der Waals surface area contributed by atoms with E-state index < -0.39 is 0 Å². The molecule has 2 atom stereocenters. The van der Waals surface area contributed by atoms with Crippen LogP contribution in [0, 0.1) is 5.92 Å². The molecule has 0 aliphatic carbocycles. The van der Waals surface area contributed by atoms with Gasteiger partial charge in [-0.25, -0.2) is 0 Å². The van der Waals surface area contributed by atoms with Gasteiger partial charge in [-0.2, -0.15) is 0 Å². The fraction of sp³-hybridized carbons (Fsp3) is 0.636. The Kier molecular flexibility index (Phi) is 6.33. The second kappa shape index (κ2) is 6.72. The molecule has 2 nitrogen and oxygen atoms in total. The third kappa shape index (κ3) is 5.47. The summed E-state index contributed by atoms with van der Waals surface area (Å²) in [6.07, 6.45) is 4.23. The first-order valence-electron chi connectivity index (χ1n) is 4.79. The summed E-state index contributed by atoms with van der Waals surface area (Å²) in [5.41, 5.74) is 0. The molecule has 0 bridgehead atoms. The number of allylic oxidation sites excluding steroid dienone is 1. The van der Waals surface area contributed by atoms with Gasteiger partial charge in [-0.3, -0.25) is 0 Å². The van der Waals surface area contributed by atoms with E-state index >= 15 is 0 Å². The van der Waals surface area contributed by atoms with Crippen LogP contribution in [0.4, 0.5) is 0 Å². The third-order valence-corrected chi connectivity index (χ3v) is 1.94. The van der Waals surface area contributed by atoms with Crippen LogP contribution in [0.15, 0.2) is 24.5 Å². The highest BCUT2D eigenvalue weighted by Gasteiger charge is 2.07. The Balaban J connectivity index is 3.88. The maximum Gasteiger partial charge on any atom is 0.111 e. The van der Waals surface area contributed by atoms with E-state index in [0.717, 1.165) is 6.42 Å². The van der Waals surface area contributed by atoms with Gasteiger partial charge >= 0.3 is 0 Å². The molecule has 0 heterocycles. The zero-order valence-corrected chi connectivity index (χ0v) is 8.79. The minimum absolute atomic E-state index is 0.155. The third-order valence-electron chi connectivity index (χ3n) is 1.94. The number of aliphatic hydroxyl groups is 1. The van der Waals surface area contributed by atoms with E-state index in [1.165, 1.54) is 0 Å². The summed E-state index contributed by atoms with van der Waals surface area (Å²) in [6, 6.07) is 0. The SMILES string of the molecule is C=C(/C=C/[C@@H](C)[C@H](O)CC)OCC. The molecule has 76 valence electrons. The summed E-state index contributed by atoms with van der Waals surface area (Å²) in [7, 11) is 0. The summed E-state index contributed by atoms with van der Waals surface area (Å²) in [4.78, 5) is 0. The van der Waals surface area contributed by atoms with E-state index in [1.54, 1.807) is 0 Å². The van der Waals surface area contributed by atoms with Gasteiger partial charge in [0.2, 0.25) is 0 Å². The highest BCUT2D eigenvalue weighted by molar-refractivity contribution is 5.08. The minimum Gasteiger partial charge on any atom is -0.495 e. The van der Waals surface area contributed by atoms with Gasteiger partial charge in [0.1, 0.15) is 5.76 Å². The lowest BCUT2D eigenvalue weighted by Crippen LogP contribution is -2.13. The molecule has 0 saturated heterocycles. The molecule has 13 heavy (non-hydrogen) atoms. The monoisotopic (exact) mass is 184 g/mol. The van der Waals surface area contributed by atoms with Crippen LogP contribution in [0.3, 0.4) is 0 Å². The van der Waals surface area contributed by atoms with E-state index in [2.05, 4.69) is 6.58 Å². The minimum atomic E-state index is -0.273. The van der Waals surface area contributed by atoms with Gasteiger partial charge in [0.25, 0.3) is 0 Å². The van der Waals surface area contributed by atoms with Crippen LogP contribution in [0.5, 0.6) is 0 Å². The van der Waals surface area contributed by atoms with Gasteiger partial charge in [-0.1, -0.05) is 26.5 Å². The van der Waals surface area contributed by atoms with Crippen molar-refractivity contribution in [1.82, 2.24) is 0 Å². The van der Waals surface area contributed by atoms with Crippen molar-refractivity contribution in [2.45, 2.75) is 33.3 Å².